The van der Waals surface area contributed by atoms with E-state index in [0.717, 1.165) is 34.9 Å². The first-order valence-corrected chi connectivity index (χ1v) is 10.7. The van der Waals surface area contributed by atoms with Crippen molar-refractivity contribution in [2.75, 3.05) is 13.1 Å². The zero-order valence-corrected chi connectivity index (χ0v) is 16.5. The lowest BCUT2D eigenvalue weighted by molar-refractivity contribution is -0.136. The van der Waals surface area contributed by atoms with Gasteiger partial charge in [-0.3, -0.25) is 4.79 Å². The average molecular weight is 393 g/mol. The first-order chi connectivity index (χ1) is 13.7. The lowest BCUT2D eigenvalue weighted by Gasteiger charge is -2.24. The van der Waals surface area contributed by atoms with Crippen molar-refractivity contribution >= 4 is 17.3 Å². The molecule has 0 bridgehead atoms. The number of aliphatic carboxylic acids is 1. The van der Waals surface area contributed by atoms with Gasteiger partial charge in [-0.25, -0.2) is 4.98 Å². The van der Waals surface area contributed by atoms with Gasteiger partial charge in [0.1, 0.15) is 5.01 Å². The molecule has 4 rings (SSSR count). The second-order valence-corrected chi connectivity index (χ2v) is 8.10. The molecule has 1 fully saturated rings. The molecule has 0 radical (unpaired) electrons. The predicted octanol–water partition coefficient (Wildman–Crippen LogP) is 4.96. The fourth-order valence-corrected chi connectivity index (χ4v) is 4.68. The van der Waals surface area contributed by atoms with Crippen molar-refractivity contribution in [3.05, 3.63) is 65.0 Å². The number of piperidine rings is 1. The van der Waals surface area contributed by atoms with Crippen LogP contribution >= 0.6 is 11.3 Å². The molecule has 1 aliphatic heterocycles. The predicted molar refractivity (Wildman–Crippen MR) is 114 cm³/mol. The summed E-state index contributed by atoms with van der Waals surface area (Å²) in [6.45, 7) is 2.16. The number of thiazole rings is 1. The second-order valence-electron chi connectivity index (χ2n) is 7.24. The van der Waals surface area contributed by atoms with Crippen LogP contribution in [0.1, 0.15) is 36.3 Å². The van der Waals surface area contributed by atoms with E-state index in [1.165, 1.54) is 24.0 Å². The zero-order chi connectivity index (χ0) is 19.3. The number of aryl methyl sites for hydroxylation is 1. The number of hydrogen-bond donors (Lipinski definition) is 2. The molecule has 28 heavy (non-hydrogen) atoms. The maximum absolute atomic E-state index is 10.7. The van der Waals surface area contributed by atoms with E-state index in [9.17, 15) is 4.79 Å². The molecule has 0 amide bonds. The monoisotopic (exact) mass is 392 g/mol. The van der Waals surface area contributed by atoms with Crippen molar-refractivity contribution in [1.82, 2.24) is 10.3 Å². The van der Waals surface area contributed by atoms with Crippen molar-refractivity contribution in [2.24, 2.45) is 0 Å². The van der Waals surface area contributed by atoms with Crippen LogP contribution in [0.4, 0.5) is 0 Å². The number of nitrogens with one attached hydrogen (secondary N) is 1. The van der Waals surface area contributed by atoms with Crippen LogP contribution in [-0.2, 0) is 11.2 Å². The fourth-order valence-electron chi connectivity index (χ4n) is 3.80. The van der Waals surface area contributed by atoms with Crippen LogP contribution in [0.25, 0.3) is 21.8 Å². The lowest BCUT2D eigenvalue weighted by atomic mass is 9.87. The number of nitrogens with zero attached hydrogens (tertiary/aromatic N) is 1. The molecule has 1 saturated heterocycles. The van der Waals surface area contributed by atoms with Crippen LogP contribution in [0.2, 0.25) is 0 Å². The Morgan fingerprint density at radius 3 is 2.61 bits per heavy atom. The Morgan fingerprint density at radius 1 is 1.11 bits per heavy atom. The molecule has 2 N–H and O–H groups in total. The molecule has 4 nitrogen and oxygen atoms in total. The van der Waals surface area contributed by atoms with E-state index in [2.05, 4.69) is 35.0 Å². The molecule has 2 aromatic carbocycles. The number of benzene rings is 2. The number of aromatic nitrogens is 1. The Labute approximate surface area is 169 Å². The first-order valence-electron chi connectivity index (χ1n) is 9.77. The summed E-state index contributed by atoms with van der Waals surface area (Å²) in [5.41, 5.74) is 5.75. The summed E-state index contributed by atoms with van der Waals surface area (Å²) >= 11 is 1.69. The van der Waals surface area contributed by atoms with Gasteiger partial charge in [-0.05, 0) is 49.4 Å². The Morgan fingerprint density at radius 2 is 1.86 bits per heavy atom. The molecule has 1 aromatic heterocycles. The quantitative estimate of drug-likeness (QED) is 0.622. The smallest absolute Gasteiger partial charge is 0.303 e. The molecule has 2 heterocycles. The summed E-state index contributed by atoms with van der Waals surface area (Å²) in [4.78, 5) is 15.6. The Hall–Kier alpha value is -2.50. The maximum Gasteiger partial charge on any atom is 0.303 e. The van der Waals surface area contributed by atoms with E-state index in [0.29, 0.717) is 12.3 Å². The third-order valence-electron chi connectivity index (χ3n) is 5.35. The average Bonchev–Trinajstić information content (AvgIpc) is 3.23. The molecule has 1 aliphatic rings. The van der Waals surface area contributed by atoms with Gasteiger partial charge in [0.15, 0.2) is 0 Å². The molecule has 0 saturated carbocycles. The van der Waals surface area contributed by atoms with Gasteiger partial charge in [0.05, 0.1) is 5.69 Å². The van der Waals surface area contributed by atoms with Gasteiger partial charge < -0.3 is 10.4 Å². The second kappa shape index (κ2) is 8.67. The fraction of sp³-hybridized carbons (Fsp3) is 0.304. The topological polar surface area (TPSA) is 62.2 Å². The van der Waals surface area contributed by atoms with E-state index in [1.54, 1.807) is 11.3 Å². The van der Waals surface area contributed by atoms with Crippen molar-refractivity contribution in [2.45, 2.75) is 31.6 Å². The highest BCUT2D eigenvalue weighted by Crippen LogP contribution is 2.36. The molecule has 144 valence electrons. The summed E-state index contributed by atoms with van der Waals surface area (Å²) < 4.78 is 0. The molecular weight excluding hydrogens is 368 g/mol. The van der Waals surface area contributed by atoms with E-state index >= 15 is 0 Å². The third kappa shape index (κ3) is 4.32. The molecule has 0 aliphatic carbocycles. The summed E-state index contributed by atoms with van der Waals surface area (Å²) in [6, 6.07) is 16.7. The van der Waals surface area contributed by atoms with Crippen LogP contribution in [0.15, 0.2) is 53.9 Å². The van der Waals surface area contributed by atoms with Crippen molar-refractivity contribution in [3.8, 4) is 21.8 Å². The summed E-state index contributed by atoms with van der Waals surface area (Å²) in [5.74, 6) is -0.168. The third-order valence-corrected chi connectivity index (χ3v) is 6.23. The van der Waals surface area contributed by atoms with E-state index in [4.69, 9.17) is 10.1 Å². The van der Waals surface area contributed by atoms with Crippen LogP contribution < -0.4 is 5.32 Å². The standard InChI is InChI=1S/C23H24N2O2S/c26-22(27)10-7-16-5-8-18(9-6-16)21-15-28-23(25-21)20-4-2-1-3-19(20)17-11-13-24-14-12-17/h1-6,8-9,15,17,24H,7,10-14H2,(H,26,27). The van der Waals surface area contributed by atoms with Crippen molar-refractivity contribution in [3.63, 3.8) is 0 Å². The number of carboxylic acid groups (broad SMARTS) is 1. The molecule has 0 spiro atoms. The molecule has 0 atom stereocenters. The van der Waals surface area contributed by atoms with Crippen molar-refractivity contribution < 1.29 is 9.90 Å². The van der Waals surface area contributed by atoms with Crippen LogP contribution in [0, 0.1) is 0 Å². The maximum atomic E-state index is 10.7. The largest absolute Gasteiger partial charge is 0.481 e. The zero-order valence-electron chi connectivity index (χ0n) is 15.7. The molecular formula is C23H24N2O2S. The highest BCUT2D eigenvalue weighted by atomic mass is 32.1. The minimum Gasteiger partial charge on any atom is -0.481 e. The summed E-state index contributed by atoms with van der Waals surface area (Å²) in [7, 11) is 0. The van der Waals surface area contributed by atoms with Gasteiger partial charge in [-0.2, -0.15) is 0 Å². The number of carboxylic acids is 1. The van der Waals surface area contributed by atoms with Gasteiger partial charge in [-0.15, -0.1) is 11.3 Å². The minimum atomic E-state index is -0.763. The summed E-state index contributed by atoms with van der Waals surface area (Å²) in [6.07, 6.45) is 3.06. The van der Waals surface area contributed by atoms with Gasteiger partial charge in [0.2, 0.25) is 0 Å². The van der Waals surface area contributed by atoms with Gasteiger partial charge >= 0.3 is 5.97 Å². The van der Waals surface area contributed by atoms with Crippen molar-refractivity contribution in [1.29, 1.82) is 0 Å². The summed E-state index contributed by atoms with van der Waals surface area (Å²) in [5, 5.41) is 15.4. The minimum absolute atomic E-state index is 0.160. The van der Waals surface area contributed by atoms with Crippen LogP contribution in [-0.4, -0.2) is 29.1 Å². The highest BCUT2D eigenvalue weighted by Gasteiger charge is 2.20. The van der Waals surface area contributed by atoms with Gasteiger partial charge in [-0.1, -0.05) is 48.5 Å². The SMILES string of the molecule is O=C(O)CCc1ccc(-c2csc(-c3ccccc3C3CCNCC3)n2)cc1. The van der Waals surface area contributed by atoms with Gasteiger partial charge in [0.25, 0.3) is 0 Å². The van der Waals surface area contributed by atoms with Crippen LogP contribution in [0.3, 0.4) is 0 Å². The number of carbonyl (C=O) groups is 1. The van der Waals surface area contributed by atoms with E-state index in [1.807, 2.05) is 24.3 Å². The highest BCUT2D eigenvalue weighted by molar-refractivity contribution is 7.13. The van der Waals surface area contributed by atoms with E-state index < -0.39 is 5.97 Å². The molecule has 5 heteroatoms. The van der Waals surface area contributed by atoms with Crippen LogP contribution in [0.5, 0.6) is 0 Å². The Bertz CT molecular complexity index is 943. The van der Waals surface area contributed by atoms with E-state index in [-0.39, 0.29) is 6.42 Å². The Balaban J connectivity index is 1.56. The molecule has 0 unspecified atom stereocenters. The first kappa shape index (κ1) is 18.8. The molecule has 3 aromatic rings. The number of hydrogen-bond acceptors (Lipinski definition) is 4. The lowest BCUT2D eigenvalue weighted by Crippen LogP contribution is -2.26. The Kier molecular flexibility index (Phi) is 5.84. The normalized spacial score (nSPS) is 14.9. The number of rotatable bonds is 6. The van der Waals surface area contributed by atoms with Gasteiger partial charge in [0, 0.05) is 22.9 Å².